The highest BCUT2D eigenvalue weighted by Crippen LogP contribution is 2.29. The molecule has 0 radical (unpaired) electrons. The van der Waals surface area contributed by atoms with Gasteiger partial charge in [-0.3, -0.25) is 14.2 Å². The van der Waals surface area contributed by atoms with E-state index in [0.29, 0.717) is 11.6 Å². The summed E-state index contributed by atoms with van der Waals surface area (Å²) in [4.78, 5) is 24.9. The van der Waals surface area contributed by atoms with Crippen molar-refractivity contribution in [3.05, 3.63) is 77.2 Å². The molecular formula is C24H24N4OS. The van der Waals surface area contributed by atoms with Crippen LogP contribution in [-0.4, -0.2) is 38.3 Å². The number of carbonyl (C=O) groups excluding carboxylic acids is 1. The van der Waals surface area contributed by atoms with Crippen molar-refractivity contribution in [3.8, 4) is 11.3 Å². The summed E-state index contributed by atoms with van der Waals surface area (Å²) < 4.78 is 1.95. The van der Waals surface area contributed by atoms with E-state index in [1.807, 2.05) is 33.3 Å². The molecule has 152 valence electrons. The number of hydrogen-bond acceptors (Lipinski definition) is 4. The highest BCUT2D eigenvalue weighted by atomic mass is 32.1. The SMILES string of the molecule is CCc1ccc(-c2cn3c(C(=O)N4CCC(c5ccncc5)CC4)csc3n2)cc1. The van der Waals surface area contributed by atoms with Crippen LogP contribution in [0.2, 0.25) is 0 Å². The smallest absolute Gasteiger partial charge is 0.271 e. The fourth-order valence-corrected chi connectivity index (χ4v) is 5.05. The Morgan fingerprint density at radius 1 is 1.10 bits per heavy atom. The summed E-state index contributed by atoms with van der Waals surface area (Å²) in [5, 5.41) is 1.93. The van der Waals surface area contributed by atoms with Crippen molar-refractivity contribution >= 4 is 22.2 Å². The zero-order chi connectivity index (χ0) is 20.5. The second kappa shape index (κ2) is 8.03. The third kappa shape index (κ3) is 3.52. The van der Waals surface area contributed by atoms with Gasteiger partial charge >= 0.3 is 0 Å². The second-order valence-electron chi connectivity index (χ2n) is 7.80. The third-order valence-corrected chi connectivity index (χ3v) is 6.89. The number of rotatable bonds is 4. The van der Waals surface area contributed by atoms with Gasteiger partial charge in [-0.2, -0.15) is 0 Å². The van der Waals surface area contributed by atoms with Crippen LogP contribution in [0.3, 0.4) is 0 Å². The number of thiazole rings is 1. The van der Waals surface area contributed by atoms with Gasteiger partial charge in [0.05, 0.1) is 5.69 Å². The molecule has 30 heavy (non-hydrogen) atoms. The summed E-state index contributed by atoms with van der Waals surface area (Å²) in [7, 11) is 0. The predicted octanol–water partition coefficient (Wildman–Crippen LogP) is 5.04. The van der Waals surface area contributed by atoms with Crippen LogP contribution in [0.25, 0.3) is 16.2 Å². The van der Waals surface area contributed by atoms with Crippen molar-refractivity contribution in [2.24, 2.45) is 0 Å². The van der Waals surface area contributed by atoms with E-state index in [1.165, 1.54) is 22.5 Å². The lowest BCUT2D eigenvalue weighted by Gasteiger charge is -2.32. The molecule has 1 aliphatic rings. The maximum atomic E-state index is 13.2. The van der Waals surface area contributed by atoms with Gasteiger partial charge in [0, 0.05) is 42.6 Å². The second-order valence-corrected chi connectivity index (χ2v) is 8.63. The summed E-state index contributed by atoms with van der Waals surface area (Å²) in [5.41, 5.74) is 5.34. The van der Waals surface area contributed by atoms with Crippen LogP contribution in [0.4, 0.5) is 0 Å². The first-order valence-electron chi connectivity index (χ1n) is 10.5. The van der Waals surface area contributed by atoms with Crippen LogP contribution in [0.5, 0.6) is 0 Å². The lowest BCUT2D eigenvalue weighted by Crippen LogP contribution is -2.38. The highest BCUT2D eigenvalue weighted by molar-refractivity contribution is 7.15. The van der Waals surface area contributed by atoms with E-state index in [2.05, 4.69) is 48.3 Å². The Morgan fingerprint density at radius 2 is 1.83 bits per heavy atom. The summed E-state index contributed by atoms with van der Waals surface area (Å²) in [6, 6.07) is 12.7. The molecule has 0 bridgehead atoms. The average molecular weight is 417 g/mol. The number of aryl methyl sites for hydroxylation is 1. The molecule has 4 heterocycles. The molecule has 0 N–H and O–H groups in total. The zero-order valence-electron chi connectivity index (χ0n) is 17.0. The van der Waals surface area contributed by atoms with Crippen molar-refractivity contribution in [1.82, 2.24) is 19.3 Å². The molecule has 5 rings (SSSR count). The van der Waals surface area contributed by atoms with E-state index in [0.717, 1.165) is 48.6 Å². The number of piperidine rings is 1. The lowest BCUT2D eigenvalue weighted by atomic mass is 9.90. The first-order valence-corrected chi connectivity index (χ1v) is 11.4. The number of imidazole rings is 1. The third-order valence-electron chi connectivity index (χ3n) is 6.05. The number of hydrogen-bond donors (Lipinski definition) is 0. The molecule has 0 saturated carbocycles. The van der Waals surface area contributed by atoms with Gasteiger partial charge in [-0.25, -0.2) is 4.98 Å². The summed E-state index contributed by atoms with van der Waals surface area (Å²) in [5.74, 6) is 0.602. The first-order chi connectivity index (χ1) is 14.7. The van der Waals surface area contributed by atoms with Crippen molar-refractivity contribution in [2.45, 2.75) is 32.1 Å². The molecule has 0 atom stereocenters. The molecule has 3 aromatic heterocycles. The van der Waals surface area contributed by atoms with Crippen LogP contribution >= 0.6 is 11.3 Å². The lowest BCUT2D eigenvalue weighted by molar-refractivity contribution is 0.0706. The molecule has 0 spiro atoms. The standard InChI is InChI=1S/C24H24N4OS/c1-2-17-3-5-20(6-4-17)21-15-28-22(16-30-24(28)26-21)23(29)27-13-9-19(10-14-27)18-7-11-25-12-8-18/h3-8,11-12,15-16,19H,2,9-10,13-14H2,1H3. The molecular weight excluding hydrogens is 392 g/mol. The number of aromatic nitrogens is 3. The van der Waals surface area contributed by atoms with Gasteiger partial charge in [-0.05, 0) is 48.4 Å². The Labute approximate surface area is 180 Å². The molecule has 0 aliphatic carbocycles. The molecule has 1 fully saturated rings. The largest absolute Gasteiger partial charge is 0.337 e. The topological polar surface area (TPSA) is 50.5 Å². The van der Waals surface area contributed by atoms with Crippen molar-refractivity contribution in [2.75, 3.05) is 13.1 Å². The number of fused-ring (bicyclic) bond motifs is 1. The Balaban J connectivity index is 1.33. The maximum absolute atomic E-state index is 13.2. The van der Waals surface area contributed by atoms with Gasteiger partial charge in [0.25, 0.3) is 5.91 Å². The summed E-state index contributed by atoms with van der Waals surface area (Å²) in [6.45, 7) is 3.71. The number of carbonyl (C=O) groups is 1. The van der Waals surface area contributed by atoms with Crippen LogP contribution < -0.4 is 0 Å². The normalized spacial score (nSPS) is 15.0. The van der Waals surface area contributed by atoms with Crippen LogP contribution in [-0.2, 0) is 6.42 Å². The minimum absolute atomic E-state index is 0.0970. The molecule has 1 saturated heterocycles. The summed E-state index contributed by atoms with van der Waals surface area (Å²) in [6.07, 6.45) is 8.69. The van der Waals surface area contributed by atoms with Gasteiger partial charge in [0.2, 0.25) is 0 Å². The molecule has 1 amide bonds. The Kier molecular flexibility index (Phi) is 5.09. The monoisotopic (exact) mass is 416 g/mol. The van der Waals surface area contributed by atoms with Crippen molar-refractivity contribution in [1.29, 1.82) is 0 Å². The number of benzene rings is 1. The minimum Gasteiger partial charge on any atom is -0.337 e. The van der Waals surface area contributed by atoms with E-state index in [9.17, 15) is 4.79 Å². The quantitative estimate of drug-likeness (QED) is 0.468. The van der Waals surface area contributed by atoms with E-state index < -0.39 is 0 Å². The number of pyridine rings is 1. The van der Waals surface area contributed by atoms with Gasteiger partial charge in [0.15, 0.2) is 4.96 Å². The molecule has 6 heteroatoms. The molecule has 4 aromatic rings. The molecule has 1 aliphatic heterocycles. The number of nitrogens with zero attached hydrogens (tertiary/aromatic N) is 4. The Morgan fingerprint density at radius 3 is 2.53 bits per heavy atom. The average Bonchev–Trinajstić information content (AvgIpc) is 3.40. The van der Waals surface area contributed by atoms with Crippen LogP contribution in [0.1, 0.15) is 47.3 Å². The minimum atomic E-state index is 0.0970. The van der Waals surface area contributed by atoms with Crippen molar-refractivity contribution < 1.29 is 4.79 Å². The van der Waals surface area contributed by atoms with E-state index in [-0.39, 0.29) is 5.91 Å². The molecule has 5 nitrogen and oxygen atoms in total. The fraction of sp³-hybridized carbons (Fsp3) is 0.292. The Hall–Kier alpha value is -2.99. The van der Waals surface area contributed by atoms with Crippen LogP contribution in [0.15, 0.2) is 60.4 Å². The Bertz CT molecular complexity index is 1160. The molecule has 1 aromatic carbocycles. The zero-order valence-corrected chi connectivity index (χ0v) is 17.8. The van der Waals surface area contributed by atoms with Gasteiger partial charge in [-0.15, -0.1) is 11.3 Å². The predicted molar refractivity (Wildman–Crippen MR) is 120 cm³/mol. The van der Waals surface area contributed by atoms with Gasteiger partial charge in [0.1, 0.15) is 5.69 Å². The van der Waals surface area contributed by atoms with Gasteiger partial charge in [-0.1, -0.05) is 31.2 Å². The van der Waals surface area contributed by atoms with E-state index in [1.54, 1.807) is 0 Å². The maximum Gasteiger partial charge on any atom is 0.271 e. The van der Waals surface area contributed by atoms with Crippen molar-refractivity contribution in [3.63, 3.8) is 0 Å². The van der Waals surface area contributed by atoms with Gasteiger partial charge < -0.3 is 4.90 Å². The highest BCUT2D eigenvalue weighted by Gasteiger charge is 2.26. The van der Waals surface area contributed by atoms with Crippen LogP contribution in [0, 0.1) is 0 Å². The van der Waals surface area contributed by atoms with E-state index >= 15 is 0 Å². The number of likely N-dealkylation sites (tertiary alicyclic amines) is 1. The molecule has 0 unspecified atom stereocenters. The number of amides is 1. The summed E-state index contributed by atoms with van der Waals surface area (Å²) >= 11 is 1.52. The fourth-order valence-electron chi connectivity index (χ4n) is 4.20. The van der Waals surface area contributed by atoms with E-state index in [4.69, 9.17) is 4.98 Å². The first kappa shape index (κ1) is 19.0.